The number of unbranched alkanes of at least 4 members (excludes halogenated alkanes) is 4. The molecular weight excluding hydrogens is 224 g/mol. The quantitative estimate of drug-likeness (QED) is 0.311. The van der Waals surface area contributed by atoms with Crippen LogP contribution in [-0.4, -0.2) is 12.1 Å². The third-order valence-corrected chi connectivity index (χ3v) is 2.94. The minimum absolute atomic E-state index is 0.0313. The molecule has 0 unspecified atom stereocenters. The van der Waals surface area contributed by atoms with E-state index in [4.69, 9.17) is 4.74 Å². The smallest absolute Gasteiger partial charge is 0.306 e. The van der Waals surface area contributed by atoms with Gasteiger partial charge in [-0.05, 0) is 40.0 Å². The summed E-state index contributed by atoms with van der Waals surface area (Å²) in [6.45, 7) is 8.36. The Kier molecular flexibility index (Phi) is 10.8. The molecule has 0 heterocycles. The summed E-state index contributed by atoms with van der Waals surface area (Å²) in [6, 6.07) is 0. The summed E-state index contributed by atoms with van der Waals surface area (Å²) in [5.41, 5.74) is 1.32. The van der Waals surface area contributed by atoms with E-state index < -0.39 is 0 Å². The molecular formula is C16H30O2. The molecule has 1 atom stereocenters. The molecule has 0 aromatic heterocycles. The second-order valence-corrected chi connectivity index (χ2v) is 5.32. The summed E-state index contributed by atoms with van der Waals surface area (Å²) in [5, 5.41) is 0. The van der Waals surface area contributed by atoms with Crippen molar-refractivity contribution in [2.75, 3.05) is 0 Å². The largest absolute Gasteiger partial charge is 0.463 e. The van der Waals surface area contributed by atoms with Crippen molar-refractivity contribution in [1.82, 2.24) is 0 Å². The van der Waals surface area contributed by atoms with Crippen molar-refractivity contribution in [2.24, 2.45) is 0 Å². The number of ether oxygens (including phenoxy) is 1. The average molecular weight is 254 g/mol. The maximum atomic E-state index is 11.5. The van der Waals surface area contributed by atoms with Gasteiger partial charge >= 0.3 is 5.97 Å². The monoisotopic (exact) mass is 254 g/mol. The SMILES string of the molecule is CCCCCCCC(=O)O[C@H](C)CCC=C(C)C. The Labute approximate surface area is 113 Å². The molecule has 0 amide bonds. The topological polar surface area (TPSA) is 26.3 Å². The first kappa shape index (κ1) is 17.2. The molecule has 0 saturated heterocycles. The number of hydrogen-bond acceptors (Lipinski definition) is 2. The Morgan fingerprint density at radius 3 is 2.44 bits per heavy atom. The van der Waals surface area contributed by atoms with E-state index in [1.54, 1.807) is 0 Å². The van der Waals surface area contributed by atoms with Crippen LogP contribution in [0.5, 0.6) is 0 Å². The Hall–Kier alpha value is -0.790. The molecule has 0 rings (SSSR count). The van der Waals surface area contributed by atoms with Gasteiger partial charge in [0.15, 0.2) is 0 Å². The fourth-order valence-electron chi connectivity index (χ4n) is 1.82. The zero-order valence-electron chi connectivity index (χ0n) is 12.6. The van der Waals surface area contributed by atoms with Crippen LogP contribution < -0.4 is 0 Å². The molecule has 0 aromatic carbocycles. The molecule has 2 nitrogen and oxygen atoms in total. The molecule has 106 valence electrons. The number of carbonyl (C=O) groups excluding carboxylic acids is 1. The second kappa shape index (κ2) is 11.3. The highest BCUT2D eigenvalue weighted by Gasteiger charge is 2.08. The Morgan fingerprint density at radius 1 is 1.17 bits per heavy atom. The summed E-state index contributed by atoms with van der Waals surface area (Å²) in [4.78, 5) is 11.5. The lowest BCUT2D eigenvalue weighted by Gasteiger charge is -2.12. The third-order valence-electron chi connectivity index (χ3n) is 2.94. The Balaban J connectivity index is 3.52. The molecule has 0 saturated carbocycles. The lowest BCUT2D eigenvalue weighted by Crippen LogP contribution is -2.14. The van der Waals surface area contributed by atoms with Gasteiger partial charge in [-0.3, -0.25) is 4.79 Å². The van der Waals surface area contributed by atoms with E-state index in [-0.39, 0.29) is 12.1 Å². The number of rotatable bonds is 10. The van der Waals surface area contributed by atoms with Gasteiger partial charge < -0.3 is 4.74 Å². The van der Waals surface area contributed by atoms with E-state index in [9.17, 15) is 4.79 Å². The van der Waals surface area contributed by atoms with Crippen LogP contribution in [0.4, 0.5) is 0 Å². The summed E-state index contributed by atoms with van der Waals surface area (Å²) in [5.74, 6) is -0.0313. The van der Waals surface area contributed by atoms with Gasteiger partial charge in [-0.15, -0.1) is 0 Å². The van der Waals surface area contributed by atoms with E-state index in [2.05, 4.69) is 26.8 Å². The molecule has 0 radical (unpaired) electrons. The van der Waals surface area contributed by atoms with Crippen molar-refractivity contribution in [3.05, 3.63) is 11.6 Å². The summed E-state index contributed by atoms with van der Waals surface area (Å²) >= 11 is 0. The van der Waals surface area contributed by atoms with Crippen LogP contribution in [0.15, 0.2) is 11.6 Å². The zero-order chi connectivity index (χ0) is 13.8. The van der Waals surface area contributed by atoms with Crippen molar-refractivity contribution in [3.8, 4) is 0 Å². The lowest BCUT2D eigenvalue weighted by molar-refractivity contribution is -0.148. The molecule has 0 bridgehead atoms. The molecule has 0 fully saturated rings. The van der Waals surface area contributed by atoms with Gasteiger partial charge in [0.2, 0.25) is 0 Å². The highest BCUT2D eigenvalue weighted by atomic mass is 16.5. The van der Waals surface area contributed by atoms with Gasteiger partial charge in [-0.25, -0.2) is 0 Å². The first-order valence-electron chi connectivity index (χ1n) is 7.39. The highest BCUT2D eigenvalue weighted by Crippen LogP contribution is 2.09. The number of allylic oxidation sites excluding steroid dienone is 2. The van der Waals surface area contributed by atoms with Crippen LogP contribution in [0, 0.1) is 0 Å². The number of carbonyl (C=O) groups is 1. The molecule has 18 heavy (non-hydrogen) atoms. The fraction of sp³-hybridized carbons (Fsp3) is 0.812. The summed E-state index contributed by atoms with van der Waals surface area (Å²) < 4.78 is 5.37. The van der Waals surface area contributed by atoms with Gasteiger partial charge in [0.05, 0.1) is 6.10 Å². The fourth-order valence-corrected chi connectivity index (χ4v) is 1.82. The lowest BCUT2D eigenvalue weighted by atomic mass is 10.1. The minimum Gasteiger partial charge on any atom is -0.463 e. The van der Waals surface area contributed by atoms with Crippen molar-refractivity contribution in [2.45, 2.75) is 85.2 Å². The zero-order valence-corrected chi connectivity index (χ0v) is 12.6. The molecule has 0 N–H and O–H groups in total. The van der Waals surface area contributed by atoms with Gasteiger partial charge in [-0.2, -0.15) is 0 Å². The normalized spacial score (nSPS) is 12.0. The number of esters is 1. The molecule has 0 spiro atoms. The minimum atomic E-state index is -0.0313. The van der Waals surface area contributed by atoms with Gasteiger partial charge in [-0.1, -0.05) is 44.3 Å². The first-order valence-corrected chi connectivity index (χ1v) is 7.39. The average Bonchev–Trinajstić information content (AvgIpc) is 2.28. The van der Waals surface area contributed by atoms with Crippen LogP contribution in [0.25, 0.3) is 0 Å². The van der Waals surface area contributed by atoms with E-state index in [1.807, 2.05) is 6.92 Å². The highest BCUT2D eigenvalue weighted by molar-refractivity contribution is 5.69. The molecule has 0 aliphatic rings. The number of hydrogen-bond donors (Lipinski definition) is 0. The molecule has 2 heteroatoms. The predicted octanol–water partition coefficient (Wildman–Crippen LogP) is 5.03. The van der Waals surface area contributed by atoms with Crippen LogP contribution in [-0.2, 0) is 9.53 Å². The third kappa shape index (κ3) is 11.7. The van der Waals surface area contributed by atoms with E-state index >= 15 is 0 Å². The van der Waals surface area contributed by atoms with Crippen LogP contribution in [0.2, 0.25) is 0 Å². The van der Waals surface area contributed by atoms with Gasteiger partial charge in [0, 0.05) is 6.42 Å². The van der Waals surface area contributed by atoms with Crippen molar-refractivity contribution < 1.29 is 9.53 Å². The van der Waals surface area contributed by atoms with Gasteiger partial charge in [0.25, 0.3) is 0 Å². The maximum absolute atomic E-state index is 11.5. The molecule has 0 aromatic rings. The molecule has 0 aliphatic carbocycles. The summed E-state index contributed by atoms with van der Waals surface area (Å²) in [7, 11) is 0. The summed E-state index contributed by atoms with van der Waals surface area (Å²) in [6.07, 6.45) is 10.6. The maximum Gasteiger partial charge on any atom is 0.306 e. The van der Waals surface area contributed by atoms with E-state index in [0.29, 0.717) is 6.42 Å². The Morgan fingerprint density at radius 2 is 1.83 bits per heavy atom. The van der Waals surface area contributed by atoms with Gasteiger partial charge in [0.1, 0.15) is 0 Å². The van der Waals surface area contributed by atoms with Crippen molar-refractivity contribution >= 4 is 5.97 Å². The Bertz CT molecular complexity index is 239. The molecule has 0 aliphatic heterocycles. The van der Waals surface area contributed by atoms with Crippen molar-refractivity contribution in [1.29, 1.82) is 0 Å². The van der Waals surface area contributed by atoms with Crippen LogP contribution in [0.1, 0.15) is 79.1 Å². The first-order chi connectivity index (χ1) is 8.56. The standard InChI is InChI=1S/C16H30O2/c1-5-6-7-8-9-13-16(17)18-15(4)12-10-11-14(2)3/h11,15H,5-10,12-13H2,1-4H3/t15-/m1/s1. The predicted molar refractivity (Wildman–Crippen MR) is 77.6 cm³/mol. The van der Waals surface area contributed by atoms with Crippen molar-refractivity contribution in [3.63, 3.8) is 0 Å². The van der Waals surface area contributed by atoms with Crippen LogP contribution in [0.3, 0.4) is 0 Å². The van der Waals surface area contributed by atoms with E-state index in [1.165, 1.54) is 24.8 Å². The van der Waals surface area contributed by atoms with Crippen LogP contribution >= 0.6 is 0 Å². The van der Waals surface area contributed by atoms with E-state index in [0.717, 1.165) is 25.7 Å². The second-order valence-electron chi connectivity index (χ2n) is 5.32.